The van der Waals surface area contributed by atoms with Crippen LogP contribution < -0.4 is 9.47 Å². The number of likely N-dealkylation sites (N-methyl/N-ethyl adjacent to an activating group) is 1. The molecule has 130 valence electrons. The summed E-state index contributed by atoms with van der Waals surface area (Å²) in [4.78, 5) is 16.1. The van der Waals surface area contributed by atoms with Crippen LogP contribution in [0.4, 0.5) is 4.79 Å². The summed E-state index contributed by atoms with van der Waals surface area (Å²) in [5, 5.41) is 0. The van der Waals surface area contributed by atoms with Gasteiger partial charge in [0.2, 0.25) is 0 Å². The number of rotatable bonds is 2. The van der Waals surface area contributed by atoms with Crippen molar-refractivity contribution in [2.45, 2.75) is 30.9 Å². The summed E-state index contributed by atoms with van der Waals surface area (Å²) >= 11 is 0. The molecule has 3 aliphatic rings. The first-order chi connectivity index (χ1) is 11.5. The molecule has 0 radical (unpaired) electrons. The zero-order valence-corrected chi connectivity index (χ0v) is 14.5. The van der Waals surface area contributed by atoms with Gasteiger partial charge in [-0.15, -0.1) is 0 Å². The van der Waals surface area contributed by atoms with Gasteiger partial charge in [0.1, 0.15) is 5.60 Å². The van der Waals surface area contributed by atoms with E-state index in [1.165, 1.54) is 11.1 Å². The number of hydrogen-bond donors (Lipinski definition) is 0. The molecular formula is C18H24N2O4. The molecule has 1 aromatic rings. The first kappa shape index (κ1) is 15.6. The molecule has 1 spiro atoms. The van der Waals surface area contributed by atoms with Crippen LogP contribution in [0, 0.1) is 0 Å². The lowest BCUT2D eigenvalue weighted by atomic mass is 9.79. The lowest BCUT2D eigenvalue weighted by Crippen LogP contribution is -2.50. The van der Waals surface area contributed by atoms with Crippen LogP contribution in [0.1, 0.15) is 30.0 Å². The maximum atomic E-state index is 11.9. The van der Waals surface area contributed by atoms with E-state index in [0.29, 0.717) is 6.54 Å². The Morgan fingerprint density at radius 3 is 2.62 bits per heavy atom. The van der Waals surface area contributed by atoms with Crippen LogP contribution in [0.25, 0.3) is 0 Å². The lowest BCUT2D eigenvalue weighted by molar-refractivity contribution is -0.0299. The van der Waals surface area contributed by atoms with Gasteiger partial charge < -0.3 is 19.1 Å². The highest BCUT2D eigenvalue weighted by molar-refractivity contribution is 5.70. The van der Waals surface area contributed by atoms with Crippen molar-refractivity contribution in [3.8, 4) is 11.5 Å². The van der Waals surface area contributed by atoms with Crippen molar-refractivity contribution in [3.63, 3.8) is 0 Å². The highest BCUT2D eigenvalue weighted by Crippen LogP contribution is 2.46. The van der Waals surface area contributed by atoms with Gasteiger partial charge in [-0.25, -0.2) is 4.79 Å². The van der Waals surface area contributed by atoms with Gasteiger partial charge in [-0.1, -0.05) is 0 Å². The van der Waals surface area contributed by atoms with Gasteiger partial charge in [0.25, 0.3) is 0 Å². The lowest BCUT2D eigenvalue weighted by Gasteiger charge is -2.46. The zero-order chi connectivity index (χ0) is 16.9. The Labute approximate surface area is 142 Å². The van der Waals surface area contributed by atoms with Gasteiger partial charge in [-0.3, -0.25) is 4.90 Å². The second kappa shape index (κ2) is 5.55. The maximum absolute atomic E-state index is 11.9. The number of methoxy groups -OCH3 is 2. The molecule has 6 heteroatoms. The van der Waals surface area contributed by atoms with Gasteiger partial charge >= 0.3 is 6.09 Å². The van der Waals surface area contributed by atoms with Crippen molar-refractivity contribution in [2.75, 3.05) is 40.9 Å². The summed E-state index contributed by atoms with van der Waals surface area (Å²) in [6.45, 7) is 2.67. The standard InChI is InChI=1S/C18H24N2O4/c1-19-11-18(24-17(19)21)5-7-20-6-4-12-8-15(22-2)16(23-3)9-13(12)14(20)10-18/h8-9,14H,4-7,10-11H2,1-3H3/t14-,18-/m0/s1. The van der Waals surface area contributed by atoms with Crippen molar-refractivity contribution in [3.05, 3.63) is 23.3 Å². The van der Waals surface area contributed by atoms with Gasteiger partial charge in [-0.2, -0.15) is 0 Å². The number of nitrogens with zero attached hydrogens (tertiary/aromatic N) is 2. The molecule has 2 saturated heterocycles. The van der Waals surface area contributed by atoms with E-state index in [1.54, 1.807) is 19.1 Å². The molecule has 24 heavy (non-hydrogen) atoms. The molecule has 0 unspecified atom stereocenters. The Hall–Kier alpha value is -1.95. The summed E-state index contributed by atoms with van der Waals surface area (Å²) in [7, 11) is 5.15. The minimum atomic E-state index is -0.352. The number of fused-ring (bicyclic) bond motifs is 3. The smallest absolute Gasteiger partial charge is 0.410 e. The highest BCUT2D eigenvalue weighted by atomic mass is 16.6. The van der Waals surface area contributed by atoms with E-state index in [9.17, 15) is 4.79 Å². The number of carbonyl (C=O) groups is 1. The number of carbonyl (C=O) groups excluding carboxylic acids is 1. The molecule has 3 aliphatic heterocycles. The molecule has 6 nitrogen and oxygen atoms in total. The van der Waals surface area contributed by atoms with Crippen LogP contribution in [0.2, 0.25) is 0 Å². The summed E-state index contributed by atoms with van der Waals surface area (Å²) in [6.07, 6.45) is 2.55. The minimum Gasteiger partial charge on any atom is -0.493 e. The SMILES string of the molecule is COc1cc2c(cc1OC)[C@@H]1C[C@@]3(CCN1CC2)CN(C)C(=O)O3. The minimum absolute atomic E-state index is 0.202. The molecule has 0 aromatic heterocycles. The fourth-order valence-electron chi connectivity index (χ4n) is 4.42. The first-order valence-electron chi connectivity index (χ1n) is 8.48. The summed E-state index contributed by atoms with van der Waals surface area (Å²) < 4.78 is 16.7. The monoisotopic (exact) mass is 332 g/mol. The van der Waals surface area contributed by atoms with E-state index in [1.807, 2.05) is 7.05 Å². The van der Waals surface area contributed by atoms with Gasteiger partial charge in [0.05, 0.1) is 20.8 Å². The number of hydrogen-bond acceptors (Lipinski definition) is 5. The molecular weight excluding hydrogens is 308 g/mol. The summed E-state index contributed by atoms with van der Waals surface area (Å²) in [6, 6.07) is 4.46. The molecule has 0 saturated carbocycles. The summed E-state index contributed by atoms with van der Waals surface area (Å²) in [5.74, 6) is 1.54. The second-order valence-corrected chi connectivity index (χ2v) is 7.07. The van der Waals surface area contributed by atoms with Crippen LogP contribution >= 0.6 is 0 Å². The topological polar surface area (TPSA) is 51.2 Å². The first-order valence-corrected chi connectivity index (χ1v) is 8.48. The Bertz CT molecular complexity index is 677. The van der Waals surface area contributed by atoms with E-state index in [-0.39, 0.29) is 17.7 Å². The number of piperidine rings is 1. The molecule has 2 fully saturated rings. The number of benzene rings is 1. The van der Waals surface area contributed by atoms with Crippen molar-refractivity contribution >= 4 is 6.09 Å². The third kappa shape index (κ3) is 2.32. The van der Waals surface area contributed by atoms with E-state index < -0.39 is 0 Å². The molecule has 0 aliphatic carbocycles. The molecule has 4 rings (SSSR count). The molecule has 0 N–H and O–H groups in total. The predicted molar refractivity (Wildman–Crippen MR) is 88.6 cm³/mol. The zero-order valence-electron chi connectivity index (χ0n) is 14.5. The predicted octanol–water partition coefficient (Wildman–Crippen LogP) is 2.22. The number of ether oxygens (including phenoxy) is 3. The van der Waals surface area contributed by atoms with Crippen molar-refractivity contribution in [1.82, 2.24) is 9.80 Å². The number of amides is 1. The fourth-order valence-corrected chi connectivity index (χ4v) is 4.42. The molecule has 0 bridgehead atoms. The molecule has 2 atom stereocenters. The third-order valence-electron chi connectivity index (χ3n) is 5.67. The normalized spacial score (nSPS) is 29.2. The van der Waals surface area contributed by atoms with Crippen molar-refractivity contribution in [2.24, 2.45) is 0 Å². The van der Waals surface area contributed by atoms with Crippen LogP contribution in [0.3, 0.4) is 0 Å². The molecule has 3 heterocycles. The van der Waals surface area contributed by atoms with E-state index >= 15 is 0 Å². The van der Waals surface area contributed by atoms with Crippen molar-refractivity contribution in [1.29, 1.82) is 0 Å². The second-order valence-electron chi connectivity index (χ2n) is 7.07. The van der Waals surface area contributed by atoms with Crippen LogP contribution in [-0.2, 0) is 11.2 Å². The van der Waals surface area contributed by atoms with Gasteiger partial charge in [0, 0.05) is 39.0 Å². The fraction of sp³-hybridized carbons (Fsp3) is 0.611. The van der Waals surface area contributed by atoms with E-state index in [4.69, 9.17) is 14.2 Å². The van der Waals surface area contributed by atoms with E-state index in [0.717, 1.165) is 43.9 Å². The Morgan fingerprint density at radius 2 is 1.96 bits per heavy atom. The average molecular weight is 332 g/mol. The van der Waals surface area contributed by atoms with Gasteiger partial charge in [-0.05, 0) is 29.7 Å². The largest absolute Gasteiger partial charge is 0.493 e. The quantitative estimate of drug-likeness (QED) is 0.831. The molecule has 1 amide bonds. The maximum Gasteiger partial charge on any atom is 0.410 e. The van der Waals surface area contributed by atoms with E-state index in [2.05, 4.69) is 17.0 Å². The Balaban J connectivity index is 1.69. The van der Waals surface area contributed by atoms with Crippen LogP contribution in [0.5, 0.6) is 11.5 Å². The molecule has 1 aromatic carbocycles. The Kier molecular flexibility index (Phi) is 3.60. The highest BCUT2D eigenvalue weighted by Gasteiger charge is 2.50. The van der Waals surface area contributed by atoms with Crippen molar-refractivity contribution < 1.29 is 19.0 Å². The van der Waals surface area contributed by atoms with Crippen LogP contribution in [0.15, 0.2) is 12.1 Å². The summed E-state index contributed by atoms with van der Waals surface area (Å²) in [5.41, 5.74) is 2.24. The third-order valence-corrected chi connectivity index (χ3v) is 5.67. The Morgan fingerprint density at radius 1 is 1.21 bits per heavy atom. The average Bonchev–Trinajstić information content (AvgIpc) is 2.86. The van der Waals surface area contributed by atoms with Gasteiger partial charge in [0.15, 0.2) is 11.5 Å². The van der Waals surface area contributed by atoms with Crippen LogP contribution in [-0.4, -0.2) is 62.4 Å².